The highest BCUT2D eigenvalue weighted by molar-refractivity contribution is 6.14. The third-order valence-corrected chi connectivity index (χ3v) is 6.72. The lowest BCUT2D eigenvalue weighted by Crippen LogP contribution is -2.36. The van der Waals surface area contributed by atoms with Crippen molar-refractivity contribution in [3.8, 4) is 5.69 Å². The second-order valence-electron chi connectivity index (χ2n) is 8.42. The minimum atomic E-state index is 0.226. The summed E-state index contributed by atoms with van der Waals surface area (Å²) in [5.41, 5.74) is 8.79. The van der Waals surface area contributed by atoms with Crippen LogP contribution in [0.1, 0.15) is 12.5 Å². The fourth-order valence-corrected chi connectivity index (χ4v) is 5.14. The van der Waals surface area contributed by atoms with Crippen molar-refractivity contribution in [3.63, 3.8) is 0 Å². The Bertz CT molecular complexity index is 1430. The molecule has 3 heteroatoms. The van der Waals surface area contributed by atoms with Crippen molar-refractivity contribution in [1.82, 2.24) is 4.57 Å². The van der Waals surface area contributed by atoms with Crippen LogP contribution in [0.4, 0.5) is 17.1 Å². The van der Waals surface area contributed by atoms with Gasteiger partial charge in [-0.1, -0.05) is 60.7 Å². The van der Waals surface area contributed by atoms with E-state index in [0.717, 1.165) is 0 Å². The van der Waals surface area contributed by atoms with Crippen molar-refractivity contribution in [2.24, 2.45) is 0 Å². The zero-order chi connectivity index (χ0) is 21.1. The van der Waals surface area contributed by atoms with Gasteiger partial charge in [-0.2, -0.15) is 0 Å². The van der Waals surface area contributed by atoms with Gasteiger partial charge in [0.05, 0.1) is 28.1 Å². The molecule has 152 valence electrons. The number of rotatable bonds is 2. The van der Waals surface area contributed by atoms with Crippen LogP contribution in [0.5, 0.6) is 0 Å². The van der Waals surface area contributed by atoms with E-state index in [1.54, 1.807) is 0 Å². The molecule has 0 saturated carbocycles. The van der Waals surface area contributed by atoms with Gasteiger partial charge in [0.25, 0.3) is 0 Å². The van der Waals surface area contributed by atoms with Gasteiger partial charge in [0.15, 0.2) is 0 Å². The molecular weight excluding hydrogens is 378 g/mol. The molecule has 2 heterocycles. The molecule has 6 rings (SSSR count). The Morgan fingerprint density at radius 3 is 2.16 bits per heavy atom. The van der Waals surface area contributed by atoms with Crippen LogP contribution in [-0.2, 0) is 0 Å². The quantitative estimate of drug-likeness (QED) is 0.314. The fraction of sp³-hybridized carbons (Fsp3) is 0.143. The molecule has 3 nitrogen and oxygen atoms in total. The van der Waals surface area contributed by atoms with Crippen molar-refractivity contribution in [1.29, 1.82) is 0 Å². The molecule has 0 amide bonds. The van der Waals surface area contributed by atoms with E-state index in [-0.39, 0.29) is 6.17 Å². The molecule has 31 heavy (non-hydrogen) atoms. The van der Waals surface area contributed by atoms with Crippen molar-refractivity contribution in [2.75, 3.05) is 16.8 Å². The largest absolute Gasteiger partial charge is 0.353 e. The van der Waals surface area contributed by atoms with Crippen LogP contribution in [0, 0.1) is 6.92 Å². The van der Waals surface area contributed by atoms with Gasteiger partial charge < -0.3 is 14.4 Å². The molecule has 1 aliphatic heterocycles. The van der Waals surface area contributed by atoms with Crippen LogP contribution in [-0.4, -0.2) is 17.8 Å². The number of benzene rings is 4. The SMILES string of the molecule is Cc1ccc2c3ccccc3n(-c3ccccc3)c2c1N1c2ccccc2N(C)[C@@H]1C. The Morgan fingerprint density at radius 1 is 0.677 bits per heavy atom. The van der Waals surface area contributed by atoms with Gasteiger partial charge in [0, 0.05) is 23.5 Å². The molecule has 5 aromatic rings. The molecular formula is C28H25N3. The van der Waals surface area contributed by atoms with E-state index in [9.17, 15) is 0 Å². The van der Waals surface area contributed by atoms with E-state index in [4.69, 9.17) is 0 Å². The smallest absolute Gasteiger partial charge is 0.103 e. The van der Waals surface area contributed by atoms with E-state index in [1.807, 2.05) is 0 Å². The molecule has 0 fully saturated rings. The highest BCUT2D eigenvalue weighted by Crippen LogP contribution is 2.48. The predicted octanol–water partition coefficient (Wildman–Crippen LogP) is 7.03. The van der Waals surface area contributed by atoms with E-state index in [0.29, 0.717) is 0 Å². The summed E-state index contributed by atoms with van der Waals surface area (Å²) in [5, 5.41) is 2.58. The molecule has 1 aliphatic rings. The summed E-state index contributed by atoms with van der Waals surface area (Å²) in [5.74, 6) is 0. The van der Waals surface area contributed by atoms with Crippen molar-refractivity contribution < 1.29 is 0 Å². The average molecular weight is 404 g/mol. The summed E-state index contributed by atoms with van der Waals surface area (Å²) in [4.78, 5) is 4.87. The third-order valence-electron chi connectivity index (χ3n) is 6.72. The van der Waals surface area contributed by atoms with Crippen molar-refractivity contribution >= 4 is 38.9 Å². The lowest BCUT2D eigenvalue weighted by molar-refractivity contribution is 0.733. The van der Waals surface area contributed by atoms with Gasteiger partial charge in [-0.3, -0.25) is 0 Å². The minimum absolute atomic E-state index is 0.226. The highest BCUT2D eigenvalue weighted by Gasteiger charge is 2.34. The predicted molar refractivity (Wildman–Crippen MR) is 132 cm³/mol. The fourth-order valence-electron chi connectivity index (χ4n) is 5.14. The van der Waals surface area contributed by atoms with Crippen LogP contribution in [0.3, 0.4) is 0 Å². The summed E-state index contributed by atoms with van der Waals surface area (Å²) in [6.45, 7) is 4.52. The molecule has 0 N–H and O–H groups in total. The Balaban J connectivity index is 1.77. The molecule has 0 aliphatic carbocycles. The first kappa shape index (κ1) is 18.1. The van der Waals surface area contributed by atoms with Crippen molar-refractivity contribution in [3.05, 3.63) is 96.6 Å². The van der Waals surface area contributed by atoms with Gasteiger partial charge in [-0.05, 0) is 49.7 Å². The monoisotopic (exact) mass is 403 g/mol. The van der Waals surface area contributed by atoms with Crippen LogP contribution in [0.2, 0.25) is 0 Å². The second kappa shape index (κ2) is 6.64. The molecule has 4 aromatic carbocycles. The Hall–Kier alpha value is -3.72. The van der Waals surface area contributed by atoms with E-state index < -0.39 is 0 Å². The standard InChI is InChI=1S/C28H25N3/c1-19-17-18-23-22-13-7-8-14-24(22)31(21-11-5-4-6-12-21)28(23)27(19)30-20(2)29(3)25-15-9-10-16-26(25)30/h4-18,20H,1-3H3/t20-/m0/s1. The first-order valence-electron chi connectivity index (χ1n) is 10.9. The summed E-state index contributed by atoms with van der Waals surface area (Å²) in [6.07, 6.45) is 0.226. The molecule has 0 bridgehead atoms. The summed E-state index contributed by atoms with van der Waals surface area (Å²) >= 11 is 0. The van der Waals surface area contributed by atoms with Crippen LogP contribution < -0.4 is 9.80 Å². The number of para-hydroxylation sites is 4. The normalized spacial score (nSPS) is 15.8. The maximum atomic E-state index is 2.51. The number of fused-ring (bicyclic) bond motifs is 4. The molecule has 0 spiro atoms. The van der Waals surface area contributed by atoms with Crippen LogP contribution in [0.15, 0.2) is 91.0 Å². The maximum absolute atomic E-state index is 2.51. The zero-order valence-electron chi connectivity index (χ0n) is 18.1. The number of aromatic nitrogens is 1. The first-order valence-corrected chi connectivity index (χ1v) is 10.9. The number of anilines is 3. The number of hydrogen-bond donors (Lipinski definition) is 0. The number of nitrogens with zero attached hydrogens (tertiary/aromatic N) is 3. The Labute approximate surface area is 182 Å². The Kier molecular flexibility index (Phi) is 3.87. The maximum Gasteiger partial charge on any atom is 0.103 e. The lowest BCUT2D eigenvalue weighted by Gasteiger charge is -2.30. The van der Waals surface area contributed by atoms with E-state index in [2.05, 4.69) is 126 Å². The van der Waals surface area contributed by atoms with Crippen LogP contribution in [0.25, 0.3) is 27.5 Å². The summed E-state index contributed by atoms with van der Waals surface area (Å²) < 4.78 is 2.43. The first-order chi connectivity index (χ1) is 15.2. The van der Waals surface area contributed by atoms with Gasteiger partial charge in [0.1, 0.15) is 6.17 Å². The average Bonchev–Trinajstić information content (AvgIpc) is 3.27. The number of aryl methyl sites for hydroxylation is 1. The van der Waals surface area contributed by atoms with Gasteiger partial charge >= 0.3 is 0 Å². The van der Waals surface area contributed by atoms with Crippen molar-refractivity contribution in [2.45, 2.75) is 20.0 Å². The molecule has 0 unspecified atom stereocenters. The summed E-state index contributed by atoms with van der Waals surface area (Å²) in [6, 6.07) is 32.7. The van der Waals surface area contributed by atoms with E-state index in [1.165, 1.54) is 50.1 Å². The third kappa shape index (κ3) is 2.46. The topological polar surface area (TPSA) is 11.4 Å². The Morgan fingerprint density at radius 2 is 1.35 bits per heavy atom. The van der Waals surface area contributed by atoms with Gasteiger partial charge in [-0.25, -0.2) is 0 Å². The van der Waals surface area contributed by atoms with Gasteiger partial charge in [0.2, 0.25) is 0 Å². The second-order valence-corrected chi connectivity index (χ2v) is 8.42. The highest BCUT2D eigenvalue weighted by atomic mass is 15.4. The summed E-state index contributed by atoms with van der Waals surface area (Å²) in [7, 11) is 2.19. The molecule has 0 saturated heterocycles. The van der Waals surface area contributed by atoms with Crippen LogP contribution >= 0.6 is 0 Å². The zero-order valence-corrected chi connectivity index (χ0v) is 18.1. The molecule has 0 radical (unpaired) electrons. The molecule has 1 aromatic heterocycles. The lowest BCUT2D eigenvalue weighted by atomic mass is 10.1. The van der Waals surface area contributed by atoms with E-state index >= 15 is 0 Å². The molecule has 1 atom stereocenters. The minimum Gasteiger partial charge on any atom is -0.353 e. The number of hydrogen-bond acceptors (Lipinski definition) is 2. The van der Waals surface area contributed by atoms with Gasteiger partial charge in [-0.15, -0.1) is 0 Å².